The predicted molar refractivity (Wildman–Crippen MR) is 80.1 cm³/mol. The first-order valence-electron chi connectivity index (χ1n) is 7.78. The maximum atomic E-state index is 11.9. The number of carbonyl (C=O) groups is 1. The van der Waals surface area contributed by atoms with Gasteiger partial charge in [-0.3, -0.25) is 4.79 Å². The molecule has 19 heavy (non-hydrogen) atoms. The molecule has 1 amide bonds. The van der Waals surface area contributed by atoms with Crippen LogP contribution in [0.1, 0.15) is 64.7 Å². The average Bonchev–Trinajstić information content (AvgIpc) is 2.76. The molecule has 1 saturated heterocycles. The summed E-state index contributed by atoms with van der Waals surface area (Å²) in [5, 5.41) is 10.9. The fourth-order valence-electron chi connectivity index (χ4n) is 3.18. The lowest BCUT2D eigenvalue weighted by molar-refractivity contribution is -0.129. The van der Waals surface area contributed by atoms with E-state index in [4.69, 9.17) is 0 Å². The lowest BCUT2D eigenvalue weighted by atomic mass is 9.82. The van der Waals surface area contributed by atoms with Crippen molar-refractivity contribution in [1.29, 1.82) is 0 Å². The summed E-state index contributed by atoms with van der Waals surface area (Å²) in [7, 11) is 0. The normalized spacial score (nSPS) is 26.9. The van der Waals surface area contributed by atoms with Crippen LogP contribution in [-0.2, 0) is 4.79 Å². The maximum absolute atomic E-state index is 11.9. The van der Waals surface area contributed by atoms with Gasteiger partial charge in [-0.1, -0.05) is 39.0 Å². The number of thioether (sulfide) groups is 1. The first kappa shape index (κ1) is 15.2. The minimum absolute atomic E-state index is 0.269. The van der Waals surface area contributed by atoms with E-state index in [1.807, 2.05) is 4.90 Å². The first-order chi connectivity index (χ1) is 9.14. The summed E-state index contributed by atoms with van der Waals surface area (Å²) in [6.07, 6.45) is 9.60. The molecule has 0 aromatic heterocycles. The van der Waals surface area contributed by atoms with Crippen molar-refractivity contribution in [3.63, 3.8) is 0 Å². The van der Waals surface area contributed by atoms with Gasteiger partial charge in [-0.2, -0.15) is 0 Å². The Hall–Kier alpha value is -0.220. The zero-order valence-electron chi connectivity index (χ0n) is 12.1. The van der Waals surface area contributed by atoms with Gasteiger partial charge < -0.3 is 10.0 Å². The van der Waals surface area contributed by atoms with E-state index >= 15 is 0 Å². The minimum atomic E-state index is -0.499. The van der Waals surface area contributed by atoms with E-state index in [1.165, 1.54) is 19.3 Å². The molecule has 0 bridgehead atoms. The van der Waals surface area contributed by atoms with Crippen molar-refractivity contribution in [1.82, 2.24) is 4.90 Å². The quantitative estimate of drug-likeness (QED) is 0.815. The summed E-state index contributed by atoms with van der Waals surface area (Å²) in [6.45, 7) is 2.94. The molecule has 1 aliphatic carbocycles. The van der Waals surface area contributed by atoms with Crippen LogP contribution in [-0.4, -0.2) is 39.2 Å². The molecular weight excluding hydrogens is 258 g/mol. The van der Waals surface area contributed by atoms with Crippen molar-refractivity contribution < 1.29 is 9.90 Å². The highest BCUT2D eigenvalue weighted by Gasteiger charge is 2.34. The zero-order chi connectivity index (χ0) is 13.7. The molecule has 1 heterocycles. The van der Waals surface area contributed by atoms with Crippen LogP contribution in [0.5, 0.6) is 0 Å². The Kier molecular flexibility index (Phi) is 5.58. The summed E-state index contributed by atoms with van der Waals surface area (Å²) in [4.78, 5) is 14.0. The molecule has 110 valence electrons. The van der Waals surface area contributed by atoms with Crippen LogP contribution in [0.25, 0.3) is 0 Å². The van der Waals surface area contributed by atoms with Crippen LogP contribution in [0.15, 0.2) is 0 Å². The van der Waals surface area contributed by atoms with Crippen LogP contribution in [0, 0.1) is 0 Å². The molecule has 1 unspecified atom stereocenters. The van der Waals surface area contributed by atoms with Crippen molar-refractivity contribution >= 4 is 17.7 Å². The van der Waals surface area contributed by atoms with Gasteiger partial charge in [0.2, 0.25) is 5.91 Å². The number of hydrogen-bond donors (Lipinski definition) is 1. The second-order valence-corrected chi connectivity index (χ2v) is 7.20. The van der Waals surface area contributed by atoms with Gasteiger partial charge in [0.05, 0.1) is 16.7 Å². The molecule has 2 aliphatic rings. The summed E-state index contributed by atoms with van der Waals surface area (Å²) in [6, 6.07) is 0. The molecule has 1 N–H and O–H groups in total. The molecule has 3 nitrogen and oxygen atoms in total. The van der Waals surface area contributed by atoms with E-state index in [1.54, 1.807) is 11.8 Å². The number of hydrogen-bond acceptors (Lipinski definition) is 3. The number of carbonyl (C=O) groups excluding carboxylic acids is 1. The van der Waals surface area contributed by atoms with Crippen molar-refractivity contribution in [2.24, 2.45) is 0 Å². The van der Waals surface area contributed by atoms with Crippen molar-refractivity contribution in [2.45, 2.75) is 75.7 Å². The highest BCUT2D eigenvalue weighted by Crippen LogP contribution is 2.34. The summed E-state index contributed by atoms with van der Waals surface area (Å²) in [5.41, 5.74) is -0.499. The van der Waals surface area contributed by atoms with E-state index in [-0.39, 0.29) is 5.91 Å². The van der Waals surface area contributed by atoms with Gasteiger partial charge >= 0.3 is 0 Å². The Balaban J connectivity index is 1.83. The van der Waals surface area contributed by atoms with Crippen LogP contribution in [0.4, 0.5) is 0 Å². The number of rotatable bonds is 6. The second kappa shape index (κ2) is 6.98. The lowest BCUT2D eigenvalue weighted by Gasteiger charge is -2.34. The largest absolute Gasteiger partial charge is 0.390 e. The van der Waals surface area contributed by atoms with E-state index in [9.17, 15) is 9.90 Å². The van der Waals surface area contributed by atoms with Gasteiger partial charge in [0.15, 0.2) is 0 Å². The van der Waals surface area contributed by atoms with Gasteiger partial charge in [-0.25, -0.2) is 0 Å². The topological polar surface area (TPSA) is 40.5 Å². The summed E-state index contributed by atoms with van der Waals surface area (Å²) < 4.78 is 0. The fraction of sp³-hybridized carbons (Fsp3) is 0.933. The number of amides is 1. The van der Waals surface area contributed by atoms with E-state index < -0.39 is 5.60 Å². The third-order valence-electron chi connectivity index (χ3n) is 4.47. The van der Waals surface area contributed by atoms with Gasteiger partial charge in [0.1, 0.15) is 0 Å². The summed E-state index contributed by atoms with van der Waals surface area (Å²) in [5.74, 6) is 0.901. The molecule has 2 rings (SSSR count). The zero-order valence-corrected chi connectivity index (χ0v) is 12.9. The van der Waals surface area contributed by atoms with E-state index in [2.05, 4.69) is 6.92 Å². The Morgan fingerprint density at radius 1 is 1.37 bits per heavy atom. The smallest absolute Gasteiger partial charge is 0.233 e. The van der Waals surface area contributed by atoms with Crippen molar-refractivity contribution in [3.05, 3.63) is 0 Å². The average molecular weight is 285 g/mol. The van der Waals surface area contributed by atoms with Crippen LogP contribution in [0.2, 0.25) is 0 Å². The van der Waals surface area contributed by atoms with E-state index in [0.717, 1.165) is 45.1 Å². The van der Waals surface area contributed by atoms with Gasteiger partial charge in [0.25, 0.3) is 0 Å². The highest BCUT2D eigenvalue weighted by molar-refractivity contribution is 8.00. The molecule has 0 aromatic carbocycles. The molecule has 1 aliphatic heterocycles. The standard InChI is InChI=1S/C15H27NO2S/c1-2-3-7-14-16(13(17)12-19-14)11-10-15(18)8-5-4-6-9-15/h14,18H,2-12H2,1H3. The lowest BCUT2D eigenvalue weighted by Crippen LogP contribution is -2.40. The van der Waals surface area contributed by atoms with E-state index in [0.29, 0.717) is 11.1 Å². The molecule has 4 heteroatoms. The number of nitrogens with zero attached hydrogens (tertiary/aromatic N) is 1. The van der Waals surface area contributed by atoms with Gasteiger partial charge in [-0.05, 0) is 25.7 Å². The number of unbranched alkanes of at least 4 members (excludes halogenated alkanes) is 1. The Morgan fingerprint density at radius 2 is 2.11 bits per heavy atom. The Bertz CT molecular complexity index is 303. The number of aliphatic hydroxyl groups is 1. The Morgan fingerprint density at radius 3 is 2.79 bits per heavy atom. The summed E-state index contributed by atoms with van der Waals surface area (Å²) >= 11 is 1.78. The van der Waals surface area contributed by atoms with Crippen LogP contribution < -0.4 is 0 Å². The van der Waals surface area contributed by atoms with Gasteiger partial charge in [0, 0.05) is 6.54 Å². The van der Waals surface area contributed by atoms with Crippen LogP contribution >= 0.6 is 11.8 Å². The van der Waals surface area contributed by atoms with Gasteiger partial charge in [-0.15, -0.1) is 11.8 Å². The molecule has 0 aromatic rings. The first-order valence-corrected chi connectivity index (χ1v) is 8.83. The molecule has 1 atom stereocenters. The van der Waals surface area contributed by atoms with Crippen molar-refractivity contribution in [2.75, 3.05) is 12.3 Å². The molecular formula is C15H27NO2S. The minimum Gasteiger partial charge on any atom is -0.390 e. The third kappa shape index (κ3) is 4.12. The van der Waals surface area contributed by atoms with Crippen molar-refractivity contribution in [3.8, 4) is 0 Å². The predicted octanol–water partition coefficient (Wildman–Crippen LogP) is 3.16. The fourth-order valence-corrected chi connectivity index (χ4v) is 4.41. The monoisotopic (exact) mass is 285 g/mol. The second-order valence-electron chi connectivity index (χ2n) is 6.03. The Labute approximate surface area is 121 Å². The molecule has 0 radical (unpaired) electrons. The SMILES string of the molecule is CCCCC1SCC(=O)N1CCC1(O)CCCCC1. The highest BCUT2D eigenvalue weighted by atomic mass is 32.2. The molecule has 1 saturated carbocycles. The van der Waals surface area contributed by atoms with Crippen LogP contribution in [0.3, 0.4) is 0 Å². The maximum Gasteiger partial charge on any atom is 0.233 e. The third-order valence-corrected chi connectivity index (χ3v) is 5.76. The molecule has 2 fully saturated rings. The molecule has 0 spiro atoms.